The number of nitrogens with one attached hydrogen (secondary N) is 3. The van der Waals surface area contributed by atoms with E-state index in [1.807, 2.05) is 0 Å². The van der Waals surface area contributed by atoms with Crippen LogP contribution in [0.2, 0.25) is 0 Å². The van der Waals surface area contributed by atoms with E-state index in [1.165, 1.54) is 16.0 Å². The van der Waals surface area contributed by atoms with Gasteiger partial charge in [-0.1, -0.05) is 62.4 Å². The van der Waals surface area contributed by atoms with E-state index in [2.05, 4.69) is 74.6 Å². The lowest BCUT2D eigenvalue weighted by atomic mass is 9.98. The molecule has 1 saturated heterocycles. The molecule has 2 aromatic carbocycles. The predicted molar refractivity (Wildman–Crippen MR) is 110 cm³/mol. The molecule has 0 unspecified atom stereocenters. The van der Waals surface area contributed by atoms with Crippen LogP contribution < -0.4 is 15.1 Å². The van der Waals surface area contributed by atoms with Crippen LogP contribution in [0.5, 0.6) is 0 Å². The molecule has 1 aliphatic rings. The average molecular weight is 368 g/mol. The third-order valence-corrected chi connectivity index (χ3v) is 5.56. The van der Waals surface area contributed by atoms with Crippen molar-refractivity contribution in [1.82, 2.24) is 0 Å². The molecule has 0 radical (unpaired) electrons. The van der Waals surface area contributed by atoms with Crippen molar-refractivity contribution >= 4 is 11.6 Å². The molecule has 1 heterocycles. The number of carbonyl (C=O) groups excluding carboxylic acids is 1. The average Bonchev–Trinajstić information content (AvgIpc) is 2.65. The first-order valence-corrected chi connectivity index (χ1v) is 10.1. The predicted octanol–water partition coefficient (Wildman–Crippen LogP) is 1.04. The van der Waals surface area contributed by atoms with Crippen molar-refractivity contribution in [2.75, 3.05) is 38.0 Å². The number of rotatable bonds is 6. The van der Waals surface area contributed by atoms with E-state index >= 15 is 0 Å². The summed E-state index contributed by atoms with van der Waals surface area (Å²) < 4.78 is 0. The highest BCUT2D eigenvalue weighted by Crippen LogP contribution is 2.27. The van der Waals surface area contributed by atoms with Crippen molar-refractivity contribution < 1.29 is 14.6 Å². The van der Waals surface area contributed by atoms with Crippen LogP contribution in [-0.4, -0.2) is 38.6 Å². The van der Waals surface area contributed by atoms with Crippen molar-refractivity contribution in [2.24, 2.45) is 0 Å². The quantitative estimate of drug-likeness (QED) is 0.701. The maximum atomic E-state index is 12.6. The number of quaternary nitrogens is 2. The van der Waals surface area contributed by atoms with Gasteiger partial charge in [0.05, 0.1) is 0 Å². The Labute approximate surface area is 163 Å². The molecule has 0 saturated carbocycles. The third kappa shape index (κ3) is 5.41. The van der Waals surface area contributed by atoms with Crippen molar-refractivity contribution in [1.29, 1.82) is 0 Å². The minimum absolute atomic E-state index is 0.132. The highest BCUT2D eigenvalue weighted by Gasteiger charge is 2.25. The topological polar surface area (TPSA) is 38.0 Å². The summed E-state index contributed by atoms with van der Waals surface area (Å²) in [4.78, 5) is 15.7. The summed E-state index contributed by atoms with van der Waals surface area (Å²) >= 11 is 0. The fraction of sp³-hybridized carbons (Fsp3) is 0.435. The molecular weight excluding hydrogens is 334 g/mol. The van der Waals surface area contributed by atoms with Gasteiger partial charge in [0.15, 0.2) is 6.54 Å². The molecule has 4 nitrogen and oxygen atoms in total. The summed E-state index contributed by atoms with van der Waals surface area (Å²) in [6, 6.07) is 16.9. The fourth-order valence-electron chi connectivity index (χ4n) is 3.95. The summed E-state index contributed by atoms with van der Waals surface area (Å²) in [7, 11) is 0. The number of piperazine rings is 1. The molecule has 0 atom stereocenters. The van der Waals surface area contributed by atoms with E-state index in [9.17, 15) is 4.79 Å². The van der Waals surface area contributed by atoms with Gasteiger partial charge >= 0.3 is 0 Å². The van der Waals surface area contributed by atoms with Crippen LogP contribution in [0.3, 0.4) is 0 Å². The van der Waals surface area contributed by atoms with Crippen LogP contribution >= 0.6 is 0 Å². The SMILES string of the molecule is Cc1cccc(C(C)C)c1NC(=O)C[NH+]1CC[NH+](Cc2ccccc2)CC1. The van der Waals surface area contributed by atoms with Crippen LogP contribution in [0.1, 0.15) is 36.5 Å². The molecule has 27 heavy (non-hydrogen) atoms. The van der Waals surface area contributed by atoms with E-state index < -0.39 is 0 Å². The van der Waals surface area contributed by atoms with Gasteiger partial charge in [-0.2, -0.15) is 0 Å². The van der Waals surface area contributed by atoms with E-state index in [0.29, 0.717) is 12.5 Å². The van der Waals surface area contributed by atoms with Crippen LogP contribution in [0, 0.1) is 6.92 Å². The number of benzene rings is 2. The lowest BCUT2D eigenvalue weighted by Crippen LogP contribution is -3.28. The fourth-order valence-corrected chi connectivity index (χ4v) is 3.95. The summed E-state index contributed by atoms with van der Waals surface area (Å²) in [6.07, 6.45) is 0. The van der Waals surface area contributed by atoms with Gasteiger partial charge in [0, 0.05) is 11.3 Å². The number of carbonyl (C=O) groups is 1. The molecule has 2 aromatic rings. The Hall–Kier alpha value is -2.17. The summed E-state index contributed by atoms with van der Waals surface area (Å²) in [5, 5.41) is 3.19. The minimum atomic E-state index is 0.132. The number of hydrogen-bond acceptors (Lipinski definition) is 1. The number of hydrogen-bond donors (Lipinski definition) is 3. The molecule has 0 aromatic heterocycles. The highest BCUT2D eigenvalue weighted by atomic mass is 16.2. The number of para-hydroxylation sites is 1. The molecule has 0 bridgehead atoms. The zero-order valence-corrected chi connectivity index (χ0v) is 16.8. The second-order valence-electron chi connectivity index (χ2n) is 8.08. The van der Waals surface area contributed by atoms with Gasteiger partial charge in [-0.25, -0.2) is 0 Å². The molecule has 144 valence electrons. The molecule has 0 spiro atoms. The normalized spacial score (nSPS) is 19.9. The molecule has 0 aliphatic carbocycles. The van der Waals surface area contributed by atoms with Crippen LogP contribution in [0.15, 0.2) is 48.5 Å². The summed E-state index contributed by atoms with van der Waals surface area (Å²) in [5.74, 6) is 0.533. The maximum Gasteiger partial charge on any atom is 0.279 e. The molecular formula is C23H33N3O+2. The third-order valence-electron chi connectivity index (χ3n) is 5.56. The van der Waals surface area contributed by atoms with Gasteiger partial charge in [-0.15, -0.1) is 0 Å². The minimum Gasteiger partial charge on any atom is -0.322 e. The summed E-state index contributed by atoms with van der Waals surface area (Å²) in [5.41, 5.74) is 4.76. The molecule has 4 heteroatoms. The lowest BCUT2D eigenvalue weighted by molar-refractivity contribution is -1.02. The van der Waals surface area contributed by atoms with Gasteiger partial charge < -0.3 is 15.1 Å². The largest absolute Gasteiger partial charge is 0.322 e. The van der Waals surface area contributed by atoms with Crippen molar-refractivity contribution in [3.63, 3.8) is 0 Å². The smallest absolute Gasteiger partial charge is 0.279 e. The number of aryl methyl sites for hydroxylation is 1. The molecule has 3 rings (SSSR count). The second kappa shape index (κ2) is 9.16. The first kappa shape index (κ1) is 19.6. The van der Waals surface area contributed by atoms with E-state index in [-0.39, 0.29) is 5.91 Å². The second-order valence-corrected chi connectivity index (χ2v) is 8.08. The van der Waals surface area contributed by atoms with E-state index in [4.69, 9.17) is 0 Å². The van der Waals surface area contributed by atoms with Crippen LogP contribution in [0.4, 0.5) is 5.69 Å². The maximum absolute atomic E-state index is 12.6. The Morgan fingerprint density at radius 1 is 0.963 bits per heavy atom. The molecule has 1 amide bonds. The van der Waals surface area contributed by atoms with Crippen molar-refractivity contribution in [2.45, 2.75) is 33.2 Å². The first-order valence-electron chi connectivity index (χ1n) is 10.1. The Bertz CT molecular complexity index is 749. The van der Waals surface area contributed by atoms with Gasteiger partial charge in [0.1, 0.15) is 32.7 Å². The van der Waals surface area contributed by atoms with Gasteiger partial charge in [-0.3, -0.25) is 4.79 Å². The van der Waals surface area contributed by atoms with E-state index in [0.717, 1.165) is 44.0 Å². The van der Waals surface area contributed by atoms with Gasteiger partial charge in [0.2, 0.25) is 0 Å². The number of anilines is 1. The van der Waals surface area contributed by atoms with Crippen LogP contribution in [-0.2, 0) is 11.3 Å². The number of amides is 1. The van der Waals surface area contributed by atoms with Crippen molar-refractivity contribution in [3.05, 3.63) is 65.2 Å². The highest BCUT2D eigenvalue weighted by molar-refractivity contribution is 5.93. The lowest BCUT2D eigenvalue weighted by Gasteiger charge is -2.29. The van der Waals surface area contributed by atoms with Gasteiger partial charge in [0.25, 0.3) is 5.91 Å². The zero-order valence-electron chi connectivity index (χ0n) is 16.8. The molecule has 3 N–H and O–H groups in total. The monoisotopic (exact) mass is 367 g/mol. The Morgan fingerprint density at radius 2 is 1.63 bits per heavy atom. The standard InChI is InChI=1S/C23H31N3O/c1-18(2)21-11-7-8-19(3)23(21)24-22(27)17-26-14-12-25(13-15-26)16-20-9-5-4-6-10-20/h4-11,18H,12-17H2,1-3H3,(H,24,27)/p+2. The Morgan fingerprint density at radius 3 is 2.30 bits per heavy atom. The van der Waals surface area contributed by atoms with E-state index in [1.54, 1.807) is 4.90 Å². The van der Waals surface area contributed by atoms with Crippen LogP contribution in [0.25, 0.3) is 0 Å². The van der Waals surface area contributed by atoms with Gasteiger partial charge in [-0.05, 0) is 24.0 Å². The molecule has 1 aliphatic heterocycles. The Balaban J connectivity index is 1.50. The van der Waals surface area contributed by atoms with Crippen molar-refractivity contribution in [3.8, 4) is 0 Å². The molecule has 1 fully saturated rings. The summed E-state index contributed by atoms with van der Waals surface area (Å²) in [6.45, 7) is 12.4. The zero-order chi connectivity index (χ0) is 19.2. The Kier molecular flexibility index (Phi) is 6.64. The first-order chi connectivity index (χ1) is 13.0.